The third kappa shape index (κ3) is 4.37. The van der Waals surface area contributed by atoms with Gasteiger partial charge in [0.05, 0.1) is 5.69 Å². The van der Waals surface area contributed by atoms with Crippen molar-refractivity contribution in [3.05, 3.63) is 27.7 Å². The molecule has 2 heterocycles. The van der Waals surface area contributed by atoms with Crippen LogP contribution in [0.3, 0.4) is 0 Å². The van der Waals surface area contributed by atoms with Crippen molar-refractivity contribution in [2.75, 3.05) is 19.6 Å². The number of alkyl halides is 1. The van der Waals surface area contributed by atoms with Gasteiger partial charge in [0.1, 0.15) is 6.17 Å². The monoisotopic (exact) mass is 325 g/mol. The molecule has 23 heavy (non-hydrogen) atoms. The highest BCUT2D eigenvalue weighted by Crippen LogP contribution is 2.17. The Labute approximate surface area is 134 Å². The van der Waals surface area contributed by atoms with E-state index in [1.165, 1.54) is 6.07 Å². The summed E-state index contributed by atoms with van der Waals surface area (Å²) in [7, 11) is 0. The smallest absolute Gasteiger partial charge is 0.328 e. The third-order valence-electron chi connectivity index (χ3n) is 4.10. The van der Waals surface area contributed by atoms with E-state index in [-0.39, 0.29) is 5.92 Å². The highest BCUT2D eigenvalue weighted by Gasteiger charge is 2.27. The van der Waals surface area contributed by atoms with E-state index in [0.29, 0.717) is 38.2 Å². The molecule has 2 rings (SSSR count). The summed E-state index contributed by atoms with van der Waals surface area (Å²) in [5.41, 5.74) is 1.05. The first kappa shape index (κ1) is 17.6. The average Bonchev–Trinajstić information content (AvgIpc) is 2.41. The number of halogens is 1. The molecule has 1 saturated heterocycles. The number of rotatable bonds is 7. The Morgan fingerprint density at radius 1 is 1.48 bits per heavy atom. The fraction of sp³-hybridized carbons (Fsp3) is 0.688. The summed E-state index contributed by atoms with van der Waals surface area (Å²) < 4.78 is 13.9. The molecule has 6 nitrogen and oxygen atoms in total. The molecule has 0 spiro atoms. The van der Waals surface area contributed by atoms with Crippen molar-refractivity contribution in [2.45, 2.75) is 45.8 Å². The maximum absolute atomic E-state index is 12.8. The van der Waals surface area contributed by atoms with Crippen LogP contribution in [0.25, 0.3) is 0 Å². The lowest BCUT2D eigenvalue weighted by Gasteiger charge is -2.34. The Kier molecular flexibility index (Phi) is 5.51. The van der Waals surface area contributed by atoms with E-state index < -0.39 is 23.7 Å². The van der Waals surface area contributed by atoms with Crippen molar-refractivity contribution < 1.29 is 14.3 Å². The van der Waals surface area contributed by atoms with E-state index >= 15 is 0 Å². The highest BCUT2D eigenvalue weighted by molar-refractivity contribution is 5.71. The van der Waals surface area contributed by atoms with E-state index in [2.05, 4.69) is 5.10 Å². The second-order valence-corrected chi connectivity index (χ2v) is 6.65. The minimum atomic E-state index is -1.05. The first-order valence-corrected chi connectivity index (χ1v) is 7.96. The predicted octanol–water partition coefficient (Wildman–Crippen LogP) is 1.42. The summed E-state index contributed by atoms with van der Waals surface area (Å²) in [5, 5.41) is 13.7. The Balaban J connectivity index is 2.20. The molecule has 0 bridgehead atoms. The number of likely N-dealkylation sites (tertiary alicyclic amines) is 1. The lowest BCUT2D eigenvalue weighted by molar-refractivity contribution is -0.141. The molecule has 1 atom stereocenters. The van der Waals surface area contributed by atoms with Gasteiger partial charge in [-0.05, 0) is 24.8 Å². The molecule has 0 radical (unpaired) electrons. The summed E-state index contributed by atoms with van der Waals surface area (Å²) in [4.78, 5) is 25.6. The van der Waals surface area contributed by atoms with Crippen LogP contribution in [0.2, 0.25) is 0 Å². The van der Waals surface area contributed by atoms with Gasteiger partial charge in [-0.25, -0.2) is 13.9 Å². The second kappa shape index (κ2) is 7.21. The first-order valence-electron chi connectivity index (χ1n) is 7.96. The van der Waals surface area contributed by atoms with Gasteiger partial charge in [0.25, 0.3) is 5.56 Å². The van der Waals surface area contributed by atoms with Gasteiger partial charge < -0.3 is 5.11 Å². The summed E-state index contributed by atoms with van der Waals surface area (Å²) in [5.74, 6) is -0.914. The second-order valence-electron chi connectivity index (χ2n) is 6.65. The van der Waals surface area contributed by atoms with E-state index in [4.69, 9.17) is 0 Å². The van der Waals surface area contributed by atoms with Crippen molar-refractivity contribution in [3.63, 3.8) is 0 Å². The molecule has 1 fully saturated rings. The van der Waals surface area contributed by atoms with Crippen LogP contribution in [0.1, 0.15) is 37.6 Å². The maximum Gasteiger partial charge on any atom is 0.328 e. The minimum Gasteiger partial charge on any atom is -0.480 e. The molecule has 128 valence electrons. The van der Waals surface area contributed by atoms with Crippen LogP contribution in [0, 0.1) is 12.8 Å². The highest BCUT2D eigenvalue weighted by atomic mass is 19.1. The molecule has 1 aliphatic rings. The number of hydrogen-bond donors (Lipinski definition) is 1. The van der Waals surface area contributed by atoms with Gasteiger partial charge in [0.15, 0.2) is 6.04 Å². The number of carboxylic acid groups (broad SMARTS) is 1. The number of nitrogens with zero attached hydrogens (tertiary/aromatic N) is 3. The zero-order chi connectivity index (χ0) is 17.1. The van der Waals surface area contributed by atoms with Gasteiger partial charge in [0, 0.05) is 32.1 Å². The largest absolute Gasteiger partial charge is 0.480 e. The Hall–Kier alpha value is -1.76. The van der Waals surface area contributed by atoms with Crippen LogP contribution in [-0.2, 0) is 11.2 Å². The molecule has 0 saturated carbocycles. The van der Waals surface area contributed by atoms with Crippen molar-refractivity contribution in [1.29, 1.82) is 0 Å². The van der Waals surface area contributed by atoms with Gasteiger partial charge in [-0.1, -0.05) is 13.8 Å². The van der Waals surface area contributed by atoms with Crippen LogP contribution in [0.15, 0.2) is 10.9 Å². The van der Waals surface area contributed by atoms with Crippen LogP contribution >= 0.6 is 0 Å². The molecular weight excluding hydrogens is 301 g/mol. The third-order valence-corrected chi connectivity index (χ3v) is 4.10. The topological polar surface area (TPSA) is 75.4 Å². The zero-order valence-corrected chi connectivity index (χ0v) is 13.8. The van der Waals surface area contributed by atoms with Crippen LogP contribution in [0.4, 0.5) is 4.39 Å². The average molecular weight is 325 g/mol. The molecule has 1 unspecified atom stereocenters. The van der Waals surface area contributed by atoms with Gasteiger partial charge in [-0.15, -0.1) is 0 Å². The van der Waals surface area contributed by atoms with Crippen molar-refractivity contribution in [1.82, 2.24) is 14.7 Å². The standard InChI is InChI=1S/C16H24FN3O3/c1-10(2)6-14(16(22)23)20-15(21)7-11(3)13(18-20)4-5-19-8-12(17)9-19/h7,10,12,14H,4-6,8-9H2,1-3H3,(H,22,23). The quantitative estimate of drug-likeness (QED) is 0.820. The zero-order valence-electron chi connectivity index (χ0n) is 13.8. The van der Waals surface area contributed by atoms with E-state index in [0.717, 1.165) is 10.2 Å². The minimum absolute atomic E-state index is 0.136. The summed E-state index contributed by atoms with van der Waals surface area (Å²) in [6.07, 6.45) is 0.174. The Bertz CT molecular complexity index is 623. The molecule has 0 aromatic carbocycles. The number of aryl methyl sites for hydroxylation is 1. The summed E-state index contributed by atoms with van der Waals surface area (Å²) in [6.45, 7) is 7.14. The van der Waals surface area contributed by atoms with E-state index in [9.17, 15) is 19.1 Å². The summed E-state index contributed by atoms with van der Waals surface area (Å²) >= 11 is 0. The van der Waals surface area contributed by atoms with Crippen LogP contribution < -0.4 is 5.56 Å². The SMILES string of the molecule is Cc1cc(=O)n(C(CC(C)C)C(=O)O)nc1CCN1CC(F)C1. The fourth-order valence-corrected chi connectivity index (χ4v) is 2.77. The van der Waals surface area contributed by atoms with Crippen molar-refractivity contribution in [3.8, 4) is 0 Å². The Morgan fingerprint density at radius 2 is 2.13 bits per heavy atom. The molecule has 0 amide bonds. The van der Waals surface area contributed by atoms with Gasteiger partial charge in [-0.2, -0.15) is 5.10 Å². The molecule has 1 aromatic rings. The number of aromatic nitrogens is 2. The lowest BCUT2D eigenvalue weighted by Crippen LogP contribution is -2.49. The predicted molar refractivity (Wildman–Crippen MR) is 84.4 cm³/mol. The Morgan fingerprint density at radius 3 is 2.65 bits per heavy atom. The van der Waals surface area contributed by atoms with E-state index in [1.807, 2.05) is 18.7 Å². The van der Waals surface area contributed by atoms with Crippen molar-refractivity contribution >= 4 is 5.97 Å². The summed E-state index contributed by atoms with van der Waals surface area (Å²) in [6, 6.07) is 0.480. The van der Waals surface area contributed by atoms with E-state index in [1.54, 1.807) is 6.92 Å². The molecule has 1 N–H and O–H groups in total. The van der Waals surface area contributed by atoms with Crippen molar-refractivity contribution in [2.24, 2.45) is 5.92 Å². The van der Waals surface area contributed by atoms with Gasteiger partial charge >= 0.3 is 5.97 Å². The number of hydrogen-bond acceptors (Lipinski definition) is 4. The maximum atomic E-state index is 12.8. The lowest BCUT2D eigenvalue weighted by atomic mass is 10.0. The van der Waals surface area contributed by atoms with Crippen LogP contribution in [0.5, 0.6) is 0 Å². The fourth-order valence-electron chi connectivity index (χ4n) is 2.77. The normalized spacial score (nSPS) is 17.3. The van der Waals surface area contributed by atoms with Gasteiger partial charge in [0.2, 0.25) is 0 Å². The molecule has 7 heteroatoms. The first-order chi connectivity index (χ1) is 10.8. The van der Waals surface area contributed by atoms with Gasteiger partial charge in [-0.3, -0.25) is 9.69 Å². The van der Waals surface area contributed by atoms with Crippen LogP contribution in [-0.4, -0.2) is 51.6 Å². The molecule has 0 aliphatic carbocycles. The molecular formula is C16H24FN3O3. The number of carboxylic acids is 1. The number of carbonyl (C=O) groups is 1. The molecule has 1 aromatic heterocycles. The molecule has 1 aliphatic heterocycles. The number of aliphatic carboxylic acids is 1.